The lowest BCUT2D eigenvalue weighted by Crippen LogP contribution is -2.32. The van der Waals surface area contributed by atoms with E-state index in [1.54, 1.807) is 12.1 Å². The summed E-state index contributed by atoms with van der Waals surface area (Å²) in [5.74, 6) is -0.550. The first-order valence-electron chi connectivity index (χ1n) is 9.34. The number of halogens is 1. The Balaban J connectivity index is 1.42. The Morgan fingerprint density at radius 3 is 2.57 bits per heavy atom. The van der Waals surface area contributed by atoms with Crippen molar-refractivity contribution in [3.05, 3.63) is 81.3 Å². The Kier molecular flexibility index (Phi) is 5.96. The molecule has 0 spiro atoms. The number of hydrogen-bond acceptors (Lipinski definition) is 4. The molecule has 0 saturated carbocycles. The topological polar surface area (TPSA) is 76.0 Å². The van der Waals surface area contributed by atoms with E-state index in [9.17, 15) is 9.59 Å². The summed E-state index contributed by atoms with van der Waals surface area (Å²) in [6.07, 6.45) is 0. The van der Waals surface area contributed by atoms with Gasteiger partial charge in [0.15, 0.2) is 0 Å². The molecule has 4 aromatic rings. The summed E-state index contributed by atoms with van der Waals surface area (Å²) in [4.78, 5) is 26.2. The van der Waals surface area contributed by atoms with Crippen molar-refractivity contribution >= 4 is 55.0 Å². The minimum Gasteiger partial charge on any atom is -0.342 e. The predicted molar refractivity (Wildman–Crippen MR) is 123 cm³/mol. The first-order valence-corrected chi connectivity index (χ1v) is 10.9. The molecular formula is C22H19BrN4O2S. The second kappa shape index (κ2) is 8.81. The first kappa shape index (κ1) is 20.3. The van der Waals surface area contributed by atoms with Gasteiger partial charge in [0, 0.05) is 15.5 Å². The van der Waals surface area contributed by atoms with Crippen LogP contribution in [0, 0.1) is 6.92 Å². The van der Waals surface area contributed by atoms with Crippen LogP contribution >= 0.6 is 27.3 Å². The molecule has 2 aromatic heterocycles. The zero-order valence-corrected chi connectivity index (χ0v) is 18.6. The second-order valence-corrected chi connectivity index (χ2v) is 8.74. The van der Waals surface area contributed by atoms with Gasteiger partial charge in [0.25, 0.3) is 5.91 Å². The maximum absolute atomic E-state index is 12.6. The molecule has 0 saturated heterocycles. The second-order valence-electron chi connectivity index (χ2n) is 6.80. The summed E-state index contributed by atoms with van der Waals surface area (Å²) in [5.41, 5.74) is 2.70. The van der Waals surface area contributed by atoms with Crippen molar-refractivity contribution in [2.75, 3.05) is 11.9 Å². The van der Waals surface area contributed by atoms with E-state index in [0.717, 1.165) is 25.9 Å². The molecule has 0 radical (unpaired) electrons. The standard InChI is InChI=1S/C22H19BrN4O2S/c1-14-18-11-19(30-22(18)27(26-14)13-15-5-3-2-4-6-15)21(29)24-12-20(28)25-17-9-7-16(23)8-10-17/h2-11H,12-13H2,1H3,(H,24,29)(H,25,28). The Bertz CT molecular complexity index is 1200. The van der Waals surface area contributed by atoms with Crippen molar-refractivity contribution in [2.45, 2.75) is 13.5 Å². The van der Waals surface area contributed by atoms with Gasteiger partial charge in [-0.2, -0.15) is 5.10 Å². The Hall–Kier alpha value is -2.97. The molecule has 0 aliphatic carbocycles. The zero-order valence-electron chi connectivity index (χ0n) is 16.2. The summed E-state index contributed by atoms with van der Waals surface area (Å²) < 4.78 is 2.85. The number of hydrogen-bond donors (Lipinski definition) is 2. The number of anilines is 1. The van der Waals surface area contributed by atoms with Gasteiger partial charge in [-0.05, 0) is 42.8 Å². The van der Waals surface area contributed by atoms with Crippen LogP contribution in [0.1, 0.15) is 20.9 Å². The molecule has 30 heavy (non-hydrogen) atoms. The molecule has 152 valence electrons. The summed E-state index contributed by atoms with van der Waals surface area (Å²) in [5, 5.41) is 11.0. The minimum atomic E-state index is -0.279. The molecule has 4 rings (SSSR count). The van der Waals surface area contributed by atoms with Gasteiger partial charge in [-0.3, -0.25) is 14.3 Å². The number of carbonyl (C=O) groups is 2. The molecule has 0 bridgehead atoms. The van der Waals surface area contributed by atoms with Gasteiger partial charge in [-0.1, -0.05) is 46.3 Å². The lowest BCUT2D eigenvalue weighted by atomic mass is 10.2. The number of nitrogens with zero attached hydrogens (tertiary/aromatic N) is 2. The van der Waals surface area contributed by atoms with Crippen LogP contribution in [0.5, 0.6) is 0 Å². The molecule has 0 aliphatic rings. The molecule has 0 aliphatic heterocycles. The molecule has 2 heterocycles. The number of aromatic nitrogens is 2. The van der Waals surface area contributed by atoms with Crippen LogP contribution in [0.2, 0.25) is 0 Å². The highest BCUT2D eigenvalue weighted by atomic mass is 79.9. The number of thiophene rings is 1. The predicted octanol–water partition coefficient (Wildman–Crippen LogP) is 4.59. The van der Waals surface area contributed by atoms with Crippen LogP contribution < -0.4 is 10.6 Å². The van der Waals surface area contributed by atoms with E-state index in [4.69, 9.17) is 0 Å². The Labute approximate surface area is 186 Å². The van der Waals surface area contributed by atoms with Crippen molar-refractivity contribution in [3.8, 4) is 0 Å². The maximum Gasteiger partial charge on any atom is 0.261 e. The first-order chi connectivity index (χ1) is 14.5. The summed E-state index contributed by atoms with van der Waals surface area (Å²) >= 11 is 4.73. The van der Waals surface area contributed by atoms with Crippen molar-refractivity contribution in [1.82, 2.24) is 15.1 Å². The van der Waals surface area contributed by atoms with E-state index >= 15 is 0 Å². The zero-order chi connectivity index (χ0) is 21.1. The van der Waals surface area contributed by atoms with Gasteiger partial charge < -0.3 is 10.6 Å². The van der Waals surface area contributed by atoms with E-state index < -0.39 is 0 Å². The average Bonchev–Trinajstić information content (AvgIpc) is 3.30. The molecule has 2 N–H and O–H groups in total. The van der Waals surface area contributed by atoms with E-state index in [0.29, 0.717) is 17.1 Å². The fourth-order valence-electron chi connectivity index (χ4n) is 3.07. The van der Waals surface area contributed by atoms with Gasteiger partial charge in [-0.15, -0.1) is 11.3 Å². The normalized spacial score (nSPS) is 10.9. The highest BCUT2D eigenvalue weighted by Crippen LogP contribution is 2.28. The number of carbonyl (C=O) groups excluding carboxylic acids is 2. The van der Waals surface area contributed by atoms with Crippen molar-refractivity contribution in [1.29, 1.82) is 0 Å². The van der Waals surface area contributed by atoms with Gasteiger partial charge in [0.2, 0.25) is 5.91 Å². The van der Waals surface area contributed by atoms with Crippen LogP contribution in [0.4, 0.5) is 5.69 Å². The van der Waals surface area contributed by atoms with E-state index in [2.05, 4.69) is 31.7 Å². The highest BCUT2D eigenvalue weighted by molar-refractivity contribution is 9.10. The van der Waals surface area contributed by atoms with Crippen LogP contribution in [-0.4, -0.2) is 28.1 Å². The van der Waals surface area contributed by atoms with Crippen LogP contribution in [-0.2, 0) is 11.3 Å². The van der Waals surface area contributed by atoms with E-state index in [-0.39, 0.29) is 18.4 Å². The quantitative estimate of drug-likeness (QED) is 0.422. The molecule has 8 heteroatoms. The third kappa shape index (κ3) is 4.60. The molecule has 6 nitrogen and oxygen atoms in total. The largest absolute Gasteiger partial charge is 0.342 e. The molecule has 0 atom stereocenters. The molecular weight excluding hydrogens is 464 g/mol. The lowest BCUT2D eigenvalue weighted by molar-refractivity contribution is -0.115. The number of benzene rings is 2. The van der Waals surface area contributed by atoms with Crippen LogP contribution in [0.15, 0.2) is 65.1 Å². The number of nitrogens with one attached hydrogen (secondary N) is 2. The van der Waals surface area contributed by atoms with Gasteiger partial charge in [-0.25, -0.2) is 0 Å². The lowest BCUT2D eigenvalue weighted by Gasteiger charge is -2.06. The highest BCUT2D eigenvalue weighted by Gasteiger charge is 2.17. The van der Waals surface area contributed by atoms with Crippen molar-refractivity contribution in [2.24, 2.45) is 0 Å². The summed E-state index contributed by atoms with van der Waals surface area (Å²) in [7, 11) is 0. The smallest absolute Gasteiger partial charge is 0.261 e. The fourth-order valence-corrected chi connectivity index (χ4v) is 4.42. The number of aryl methyl sites for hydroxylation is 1. The minimum absolute atomic E-state index is 0.0989. The van der Waals surface area contributed by atoms with Crippen LogP contribution in [0.3, 0.4) is 0 Å². The Morgan fingerprint density at radius 2 is 1.83 bits per heavy atom. The monoisotopic (exact) mass is 482 g/mol. The molecule has 2 amide bonds. The van der Waals surface area contributed by atoms with E-state index in [1.807, 2.05) is 60.1 Å². The fraction of sp³-hybridized carbons (Fsp3) is 0.136. The number of amides is 2. The average molecular weight is 483 g/mol. The molecule has 0 unspecified atom stereocenters. The molecule has 0 fully saturated rings. The third-order valence-corrected chi connectivity index (χ3v) is 6.22. The molecule has 2 aromatic carbocycles. The van der Waals surface area contributed by atoms with Crippen molar-refractivity contribution < 1.29 is 9.59 Å². The van der Waals surface area contributed by atoms with Gasteiger partial charge >= 0.3 is 0 Å². The maximum atomic E-state index is 12.6. The van der Waals surface area contributed by atoms with Crippen molar-refractivity contribution in [3.63, 3.8) is 0 Å². The SMILES string of the molecule is Cc1nn(Cc2ccccc2)c2sc(C(=O)NCC(=O)Nc3ccc(Br)cc3)cc12. The number of fused-ring (bicyclic) bond motifs is 1. The number of rotatable bonds is 6. The summed E-state index contributed by atoms with van der Waals surface area (Å²) in [6.45, 7) is 2.48. The third-order valence-electron chi connectivity index (χ3n) is 4.54. The van der Waals surface area contributed by atoms with Gasteiger partial charge in [0.05, 0.1) is 23.7 Å². The summed E-state index contributed by atoms with van der Waals surface area (Å²) in [6, 6.07) is 19.2. The van der Waals surface area contributed by atoms with Crippen LogP contribution in [0.25, 0.3) is 10.2 Å². The van der Waals surface area contributed by atoms with Gasteiger partial charge in [0.1, 0.15) is 4.83 Å². The van der Waals surface area contributed by atoms with E-state index in [1.165, 1.54) is 11.3 Å². The Morgan fingerprint density at radius 1 is 1.10 bits per heavy atom.